The van der Waals surface area contributed by atoms with E-state index < -0.39 is 5.97 Å². The first-order chi connectivity index (χ1) is 9.74. The van der Waals surface area contributed by atoms with Crippen molar-refractivity contribution in [3.8, 4) is 10.7 Å². The molecule has 0 bridgehead atoms. The van der Waals surface area contributed by atoms with E-state index in [1.807, 2.05) is 17.5 Å². The Balaban J connectivity index is 2.02. The molecule has 2 aromatic rings. The minimum atomic E-state index is -1.01. The molecule has 1 N–H and O–H groups in total. The molecule has 1 fully saturated rings. The van der Waals surface area contributed by atoms with Gasteiger partial charge < -0.3 is 10.0 Å². The topological polar surface area (TPSA) is 66.3 Å². The molecule has 1 aliphatic heterocycles. The van der Waals surface area contributed by atoms with Gasteiger partial charge in [-0.15, -0.1) is 11.3 Å². The highest BCUT2D eigenvalue weighted by molar-refractivity contribution is 7.13. The van der Waals surface area contributed by atoms with E-state index in [0.29, 0.717) is 5.82 Å². The van der Waals surface area contributed by atoms with Crippen LogP contribution in [0.25, 0.3) is 10.7 Å². The third-order valence-corrected chi connectivity index (χ3v) is 4.22. The van der Waals surface area contributed by atoms with Crippen LogP contribution in [0.15, 0.2) is 23.6 Å². The van der Waals surface area contributed by atoms with E-state index in [0.717, 1.165) is 36.6 Å². The monoisotopic (exact) mass is 289 g/mol. The predicted molar refractivity (Wildman–Crippen MR) is 78.4 cm³/mol. The van der Waals surface area contributed by atoms with Crippen molar-refractivity contribution in [3.63, 3.8) is 0 Å². The summed E-state index contributed by atoms with van der Waals surface area (Å²) < 4.78 is 0. The SMILES string of the molecule is O=C(O)c1cc(N2CCCCC2)nc(-c2cccs2)n1. The van der Waals surface area contributed by atoms with Gasteiger partial charge in [-0.3, -0.25) is 0 Å². The number of hydrogen-bond donors (Lipinski definition) is 1. The van der Waals surface area contributed by atoms with E-state index in [4.69, 9.17) is 0 Å². The molecule has 0 amide bonds. The highest BCUT2D eigenvalue weighted by Gasteiger charge is 2.18. The van der Waals surface area contributed by atoms with Gasteiger partial charge in [0.1, 0.15) is 5.82 Å². The molecule has 0 atom stereocenters. The Morgan fingerprint density at radius 2 is 2.05 bits per heavy atom. The number of hydrogen-bond acceptors (Lipinski definition) is 5. The van der Waals surface area contributed by atoms with Crippen molar-refractivity contribution in [2.24, 2.45) is 0 Å². The summed E-state index contributed by atoms with van der Waals surface area (Å²) in [5, 5.41) is 11.2. The van der Waals surface area contributed by atoms with E-state index in [9.17, 15) is 9.90 Å². The number of thiophene rings is 1. The summed E-state index contributed by atoms with van der Waals surface area (Å²) in [7, 11) is 0. The number of aromatic carboxylic acids is 1. The lowest BCUT2D eigenvalue weighted by molar-refractivity contribution is 0.0690. The summed E-state index contributed by atoms with van der Waals surface area (Å²) in [5.74, 6) is 0.212. The molecule has 2 aromatic heterocycles. The fourth-order valence-corrected chi connectivity index (χ4v) is 3.00. The summed E-state index contributed by atoms with van der Waals surface area (Å²) in [6.45, 7) is 1.86. The van der Waals surface area contributed by atoms with Crippen LogP contribution in [0.2, 0.25) is 0 Å². The third kappa shape index (κ3) is 2.65. The molecular formula is C14H15N3O2S. The van der Waals surface area contributed by atoms with Crippen LogP contribution in [0.3, 0.4) is 0 Å². The van der Waals surface area contributed by atoms with Gasteiger partial charge in [0, 0.05) is 19.2 Å². The molecule has 0 radical (unpaired) electrons. The second-order valence-electron chi connectivity index (χ2n) is 4.77. The van der Waals surface area contributed by atoms with Crippen molar-refractivity contribution in [3.05, 3.63) is 29.3 Å². The van der Waals surface area contributed by atoms with E-state index in [2.05, 4.69) is 14.9 Å². The maximum absolute atomic E-state index is 11.3. The molecule has 6 heteroatoms. The van der Waals surface area contributed by atoms with E-state index in [1.165, 1.54) is 17.8 Å². The van der Waals surface area contributed by atoms with Crippen molar-refractivity contribution < 1.29 is 9.90 Å². The van der Waals surface area contributed by atoms with Crippen molar-refractivity contribution in [1.82, 2.24) is 9.97 Å². The molecule has 0 spiro atoms. The van der Waals surface area contributed by atoms with Gasteiger partial charge in [-0.25, -0.2) is 14.8 Å². The molecule has 104 valence electrons. The highest BCUT2D eigenvalue weighted by atomic mass is 32.1. The molecule has 1 aliphatic rings. The number of nitrogens with zero attached hydrogens (tertiary/aromatic N) is 3. The highest BCUT2D eigenvalue weighted by Crippen LogP contribution is 2.25. The molecule has 0 aromatic carbocycles. The average Bonchev–Trinajstić information content (AvgIpc) is 3.02. The smallest absolute Gasteiger partial charge is 0.354 e. The fraction of sp³-hybridized carbons (Fsp3) is 0.357. The van der Waals surface area contributed by atoms with Crippen LogP contribution < -0.4 is 4.90 Å². The molecule has 0 unspecified atom stereocenters. The Labute approximate surface area is 120 Å². The second-order valence-corrected chi connectivity index (χ2v) is 5.71. The van der Waals surface area contributed by atoms with Crippen LogP contribution in [0.5, 0.6) is 0 Å². The first kappa shape index (κ1) is 13.1. The Kier molecular flexibility index (Phi) is 3.64. The van der Waals surface area contributed by atoms with Crippen molar-refractivity contribution >= 4 is 23.1 Å². The summed E-state index contributed by atoms with van der Waals surface area (Å²) in [5.41, 5.74) is 0.0592. The lowest BCUT2D eigenvalue weighted by Crippen LogP contribution is -2.30. The van der Waals surface area contributed by atoms with Crippen molar-refractivity contribution in [1.29, 1.82) is 0 Å². The number of rotatable bonds is 3. The second kappa shape index (κ2) is 5.58. The zero-order valence-electron chi connectivity index (χ0n) is 11.0. The number of carbonyl (C=O) groups is 1. The number of aromatic nitrogens is 2. The maximum atomic E-state index is 11.3. The number of piperidine rings is 1. The lowest BCUT2D eigenvalue weighted by atomic mass is 10.1. The quantitative estimate of drug-likeness (QED) is 0.941. The molecular weight excluding hydrogens is 274 g/mol. The standard InChI is InChI=1S/C14H15N3O2S/c18-14(19)10-9-12(17-6-2-1-3-7-17)16-13(15-10)11-5-4-8-20-11/h4-5,8-9H,1-3,6-7H2,(H,18,19). The Hall–Kier alpha value is -1.95. The predicted octanol–water partition coefficient (Wildman–Crippen LogP) is 2.89. The van der Waals surface area contributed by atoms with E-state index >= 15 is 0 Å². The molecule has 3 rings (SSSR count). The van der Waals surface area contributed by atoms with Crippen LogP contribution in [-0.2, 0) is 0 Å². The first-order valence-electron chi connectivity index (χ1n) is 6.65. The average molecular weight is 289 g/mol. The minimum Gasteiger partial charge on any atom is -0.477 e. The van der Waals surface area contributed by atoms with E-state index in [-0.39, 0.29) is 5.69 Å². The van der Waals surface area contributed by atoms with Gasteiger partial charge in [0.25, 0.3) is 0 Å². The van der Waals surface area contributed by atoms with Gasteiger partial charge in [0.05, 0.1) is 4.88 Å². The Bertz CT molecular complexity index is 607. The zero-order valence-corrected chi connectivity index (χ0v) is 11.8. The molecule has 0 aliphatic carbocycles. The zero-order chi connectivity index (χ0) is 13.9. The Morgan fingerprint density at radius 3 is 2.70 bits per heavy atom. The van der Waals surface area contributed by atoms with Crippen LogP contribution in [0.1, 0.15) is 29.8 Å². The third-order valence-electron chi connectivity index (χ3n) is 3.35. The van der Waals surface area contributed by atoms with Crippen LogP contribution in [0.4, 0.5) is 5.82 Å². The van der Waals surface area contributed by atoms with Gasteiger partial charge in [-0.2, -0.15) is 0 Å². The summed E-state index contributed by atoms with van der Waals surface area (Å²) in [6, 6.07) is 5.40. The molecule has 5 nitrogen and oxygen atoms in total. The normalized spacial score (nSPS) is 15.3. The van der Waals surface area contributed by atoms with Gasteiger partial charge in [-0.05, 0) is 30.7 Å². The lowest BCUT2D eigenvalue weighted by Gasteiger charge is -2.27. The number of carboxylic acid groups (broad SMARTS) is 1. The van der Waals surface area contributed by atoms with E-state index in [1.54, 1.807) is 6.07 Å². The van der Waals surface area contributed by atoms with Crippen molar-refractivity contribution in [2.75, 3.05) is 18.0 Å². The van der Waals surface area contributed by atoms with Crippen LogP contribution in [0, 0.1) is 0 Å². The summed E-state index contributed by atoms with van der Waals surface area (Å²) in [4.78, 5) is 23.0. The summed E-state index contributed by atoms with van der Waals surface area (Å²) in [6.07, 6.45) is 3.48. The summed E-state index contributed by atoms with van der Waals surface area (Å²) >= 11 is 1.52. The minimum absolute atomic E-state index is 0.0592. The number of anilines is 1. The van der Waals surface area contributed by atoms with Gasteiger partial charge >= 0.3 is 5.97 Å². The number of carboxylic acids is 1. The molecule has 3 heterocycles. The van der Waals surface area contributed by atoms with Crippen LogP contribution in [-0.4, -0.2) is 34.1 Å². The van der Waals surface area contributed by atoms with Crippen molar-refractivity contribution in [2.45, 2.75) is 19.3 Å². The molecule has 1 saturated heterocycles. The van der Waals surface area contributed by atoms with Gasteiger partial charge in [-0.1, -0.05) is 6.07 Å². The fourth-order valence-electron chi connectivity index (χ4n) is 2.34. The molecule has 20 heavy (non-hydrogen) atoms. The largest absolute Gasteiger partial charge is 0.477 e. The van der Waals surface area contributed by atoms with Crippen LogP contribution >= 0.6 is 11.3 Å². The maximum Gasteiger partial charge on any atom is 0.354 e. The van der Waals surface area contributed by atoms with Gasteiger partial charge in [0.15, 0.2) is 11.5 Å². The van der Waals surface area contributed by atoms with Gasteiger partial charge in [0.2, 0.25) is 0 Å². The first-order valence-corrected chi connectivity index (χ1v) is 7.53. The molecule has 0 saturated carbocycles. The Morgan fingerprint density at radius 1 is 1.25 bits per heavy atom.